The summed E-state index contributed by atoms with van der Waals surface area (Å²) in [4.78, 5) is 15.7. The average molecular weight is 295 g/mol. The molecule has 0 saturated heterocycles. The van der Waals surface area contributed by atoms with Gasteiger partial charge in [-0.15, -0.1) is 0 Å². The Bertz CT molecular complexity index is 444. The molecule has 0 unspecified atom stereocenters. The third-order valence-corrected chi connectivity index (χ3v) is 2.34. The highest BCUT2D eigenvalue weighted by atomic mass is 16.6. The summed E-state index contributed by atoms with van der Waals surface area (Å²) in [5, 5.41) is 5.89. The maximum atomic E-state index is 11.4. The molecular formula is C15H25N3O3. The second-order valence-electron chi connectivity index (χ2n) is 5.50. The molecular weight excluding hydrogens is 270 g/mol. The molecule has 1 heterocycles. The molecule has 118 valence electrons. The number of anilines is 1. The number of ether oxygens (including phenoxy) is 2. The van der Waals surface area contributed by atoms with Crippen LogP contribution in [0, 0.1) is 0 Å². The smallest absolute Gasteiger partial charge is 0.407 e. The first-order chi connectivity index (χ1) is 9.90. The molecule has 1 aromatic heterocycles. The number of nitrogens with one attached hydrogen (secondary N) is 2. The fourth-order valence-corrected chi connectivity index (χ4v) is 1.55. The van der Waals surface area contributed by atoms with Crippen molar-refractivity contribution < 1.29 is 14.3 Å². The van der Waals surface area contributed by atoms with Crippen molar-refractivity contribution in [2.45, 2.75) is 39.7 Å². The quantitative estimate of drug-likeness (QED) is 0.757. The van der Waals surface area contributed by atoms with E-state index < -0.39 is 5.60 Å². The molecule has 21 heavy (non-hydrogen) atoms. The Labute approximate surface area is 126 Å². The van der Waals surface area contributed by atoms with Crippen molar-refractivity contribution in [1.29, 1.82) is 0 Å². The Morgan fingerprint density at radius 2 is 2.05 bits per heavy atom. The van der Waals surface area contributed by atoms with Crippen molar-refractivity contribution >= 4 is 11.9 Å². The van der Waals surface area contributed by atoms with E-state index in [2.05, 4.69) is 15.6 Å². The van der Waals surface area contributed by atoms with Gasteiger partial charge in [0.05, 0.1) is 6.61 Å². The highest BCUT2D eigenvalue weighted by Crippen LogP contribution is 2.11. The fourth-order valence-electron chi connectivity index (χ4n) is 1.55. The van der Waals surface area contributed by atoms with Crippen molar-refractivity contribution in [2.75, 3.05) is 25.0 Å². The zero-order chi connectivity index (χ0) is 15.7. The predicted molar refractivity (Wildman–Crippen MR) is 82.7 cm³/mol. The van der Waals surface area contributed by atoms with Gasteiger partial charge in [-0.1, -0.05) is 6.07 Å². The van der Waals surface area contributed by atoms with Gasteiger partial charge in [-0.3, -0.25) is 0 Å². The summed E-state index contributed by atoms with van der Waals surface area (Å²) in [7, 11) is 0. The molecule has 1 rings (SSSR count). The number of pyridine rings is 1. The van der Waals surface area contributed by atoms with Gasteiger partial charge in [-0.05, 0) is 40.2 Å². The van der Waals surface area contributed by atoms with E-state index in [9.17, 15) is 4.79 Å². The lowest BCUT2D eigenvalue weighted by Gasteiger charge is -2.19. The van der Waals surface area contributed by atoms with Crippen LogP contribution in [0.5, 0.6) is 5.88 Å². The van der Waals surface area contributed by atoms with Crippen LogP contribution in [-0.4, -0.2) is 36.4 Å². The Morgan fingerprint density at radius 1 is 1.29 bits per heavy atom. The lowest BCUT2D eigenvalue weighted by atomic mass is 10.2. The number of amides is 1. The first-order valence-electron chi connectivity index (χ1n) is 7.21. The number of alkyl carbamates (subject to hydrolysis) is 1. The third kappa shape index (κ3) is 8.02. The monoisotopic (exact) mass is 295 g/mol. The number of aromatic nitrogens is 1. The van der Waals surface area contributed by atoms with Gasteiger partial charge in [0.2, 0.25) is 5.88 Å². The van der Waals surface area contributed by atoms with E-state index in [-0.39, 0.29) is 6.09 Å². The van der Waals surface area contributed by atoms with Crippen LogP contribution in [0.1, 0.15) is 34.1 Å². The summed E-state index contributed by atoms with van der Waals surface area (Å²) in [5.74, 6) is 1.37. The molecule has 0 aliphatic carbocycles. The standard InChI is InChI=1S/C15H25N3O3/c1-5-20-13-9-6-8-12(18-13)16-10-7-11-17-14(19)21-15(2,3)4/h6,8-9H,5,7,10-11H2,1-4H3,(H,16,18)(H,17,19). The largest absolute Gasteiger partial charge is 0.478 e. The van der Waals surface area contributed by atoms with Crippen molar-refractivity contribution in [1.82, 2.24) is 10.3 Å². The van der Waals surface area contributed by atoms with Crippen LogP contribution in [0.3, 0.4) is 0 Å². The van der Waals surface area contributed by atoms with Gasteiger partial charge in [0.15, 0.2) is 0 Å². The molecule has 0 spiro atoms. The SMILES string of the molecule is CCOc1cccc(NCCCNC(=O)OC(C)(C)C)n1. The molecule has 0 radical (unpaired) electrons. The number of rotatable bonds is 7. The zero-order valence-corrected chi connectivity index (χ0v) is 13.2. The van der Waals surface area contributed by atoms with E-state index in [4.69, 9.17) is 9.47 Å². The first kappa shape index (κ1) is 17.1. The molecule has 6 heteroatoms. The molecule has 0 fully saturated rings. The molecule has 0 aliphatic rings. The van der Waals surface area contributed by atoms with E-state index in [0.29, 0.717) is 25.6 Å². The van der Waals surface area contributed by atoms with Gasteiger partial charge >= 0.3 is 6.09 Å². The van der Waals surface area contributed by atoms with E-state index in [1.54, 1.807) is 0 Å². The van der Waals surface area contributed by atoms with Crippen molar-refractivity contribution in [3.8, 4) is 5.88 Å². The Morgan fingerprint density at radius 3 is 2.71 bits per heavy atom. The number of nitrogens with zero attached hydrogens (tertiary/aromatic N) is 1. The van der Waals surface area contributed by atoms with Gasteiger partial charge in [-0.2, -0.15) is 4.98 Å². The third-order valence-electron chi connectivity index (χ3n) is 2.34. The number of hydrogen-bond donors (Lipinski definition) is 2. The Hall–Kier alpha value is -1.98. The molecule has 0 atom stereocenters. The minimum Gasteiger partial charge on any atom is -0.478 e. The van der Waals surface area contributed by atoms with E-state index in [0.717, 1.165) is 12.2 Å². The average Bonchev–Trinajstić information content (AvgIpc) is 2.37. The van der Waals surface area contributed by atoms with Crippen LogP contribution in [0.15, 0.2) is 18.2 Å². The maximum Gasteiger partial charge on any atom is 0.407 e. The summed E-state index contributed by atoms with van der Waals surface area (Å²) in [6, 6.07) is 5.59. The fraction of sp³-hybridized carbons (Fsp3) is 0.600. The lowest BCUT2D eigenvalue weighted by Crippen LogP contribution is -2.33. The summed E-state index contributed by atoms with van der Waals surface area (Å²) in [5.41, 5.74) is -0.466. The molecule has 0 aliphatic heterocycles. The van der Waals surface area contributed by atoms with E-state index in [1.165, 1.54) is 0 Å². The second-order valence-corrected chi connectivity index (χ2v) is 5.50. The summed E-state index contributed by atoms with van der Waals surface area (Å²) in [6.07, 6.45) is 0.388. The lowest BCUT2D eigenvalue weighted by molar-refractivity contribution is 0.0528. The van der Waals surface area contributed by atoms with Crippen molar-refractivity contribution in [3.63, 3.8) is 0 Å². The van der Waals surface area contributed by atoms with E-state index >= 15 is 0 Å². The highest BCUT2D eigenvalue weighted by Gasteiger charge is 2.15. The molecule has 1 aromatic rings. The van der Waals surface area contributed by atoms with Crippen molar-refractivity contribution in [2.24, 2.45) is 0 Å². The van der Waals surface area contributed by atoms with Crippen LogP contribution in [-0.2, 0) is 4.74 Å². The van der Waals surface area contributed by atoms with E-state index in [1.807, 2.05) is 45.9 Å². The van der Waals surface area contributed by atoms with Gasteiger partial charge in [0.25, 0.3) is 0 Å². The summed E-state index contributed by atoms with van der Waals surface area (Å²) >= 11 is 0. The first-order valence-corrected chi connectivity index (χ1v) is 7.21. The van der Waals surface area contributed by atoms with Gasteiger partial charge < -0.3 is 20.1 Å². The molecule has 1 amide bonds. The van der Waals surface area contributed by atoms with Gasteiger partial charge in [0.1, 0.15) is 11.4 Å². The molecule has 6 nitrogen and oxygen atoms in total. The molecule has 0 saturated carbocycles. The Kier molecular flexibility index (Phi) is 6.78. The van der Waals surface area contributed by atoms with Crippen LogP contribution in [0.25, 0.3) is 0 Å². The normalized spacial score (nSPS) is 10.9. The number of carbonyl (C=O) groups is 1. The van der Waals surface area contributed by atoms with Crippen LogP contribution >= 0.6 is 0 Å². The highest BCUT2D eigenvalue weighted by molar-refractivity contribution is 5.67. The van der Waals surface area contributed by atoms with Crippen LogP contribution in [0.2, 0.25) is 0 Å². The molecule has 0 aromatic carbocycles. The summed E-state index contributed by atoms with van der Waals surface area (Å²) in [6.45, 7) is 9.29. The minimum atomic E-state index is -0.466. The molecule has 0 bridgehead atoms. The molecule has 2 N–H and O–H groups in total. The van der Waals surface area contributed by atoms with Gasteiger partial charge in [-0.25, -0.2) is 4.79 Å². The van der Waals surface area contributed by atoms with Crippen LogP contribution in [0.4, 0.5) is 10.6 Å². The zero-order valence-electron chi connectivity index (χ0n) is 13.2. The number of hydrogen-bond acceptors (Lipinski definition) is 5. The van der Waals surface area contributed by atoms with Gasteiger partial charge in [0, 0.05) is 19.2 Å². The summed E-state index contributed by atoms with van der Waals surface area (Å²) < 4.78 is 10.5. The maximum absolute atomic E-state index is 11.4. The Balaban J connectivity index is 2.19. The van der Waals surface area contributed by atoms with Crippen LogP contribution < -0.4 is 15.4 Å². The predicted octanol–water partition coefficient (Wildman–Crippen LogP) is 2.81. The number of carbonyl (C=O) groups excluding carboxylic acids is 1. The van der Waals surface area contributed by atoms with Crippen molar-refractivity contribution in [3.05, 3.63) is 18.2 Å². The minimum absolute atomic E-state index is 0.390. The second kappa shape index (κ2) is 8.34. The topological polar surface area (TPSA) is 72.5 Å².